The monoisotopic (exact) mass is 291 g/mol. The maximum atomic E-state index is 11.3. The molecule has 5 nitrogen and oxygen atoms in total. The number of hydrogen-bond donors (Lipinski definition) is 1. The quantitative estimate of drug-likeness (QED) is 0.805. The maximum absolute atomic E-state index is 11.3. The summed E-state index contributed by atoms with van der Waals surface area (Å²) in [5, 5.41) is 0.976. The number of rotatable bonds is 3. The SMILES string of the molecule is Cl.Cn1ccnc1COc1ccc2ccc(=O)[nH]c2c1. The molecule has 0 aliphatic heterocycles. The Kier molecular flexibility index (Phi) is 4.10. The smallest absolute Gasteiger partial charge is 0.248 e. The fourth-order valence-electron chi connectivity index (χ4n) is 1.90. The molecule has 6 heteroatoms. The summed E-state index contributed by atoms with van der Waals surface area (Å²) in [6, 6.07) is 8.91. The average molecular weight is 292 g/mol. The summed E-state index contributed by atoms with van der Waals surface area (Å²) in [5.41, 5.74) is 0.651. The highest BCUT2D eigenvalue weighted by atomic mass is 35.5. The minimum Gasteiger partial charge on any atom is -0.486 e. The van der Waals surface area contributed by atoms with Crippen molar-refractivity contribution in [3.8, 4) is 5.75 Å². The van der Waals surface area contributed by atoms with Crippen molar-refractivity contribution in [1.82, 2.24) is 14.5 Å². The fourth-order valence-corrected chi connectivity index (χ4v) is 1.90. The van der Waals surface area contributed by atoms with Crippen LogP contribution in [-0.4, -0.2) is 14.5 Å². The summed E-state index contributed by atoms with van der Waals surface area (Å²) >= 11 is 0. The predicted octanol–water partition coefficient (Wildman–Crippen LogP) is 2.26. The van der Waals surface area contributed by atoms with Crippen molar-refractivity contribution >= 4 is 23.3 Å². The zero-order chi connectivity index (χ0) is 13.2. The van der Waals surface area contributed by atoms with Gasteiger partial charge in [-0.2, -0.15) is 0 Å². The Bertz CT molecular complexity index is 779. The molecule has 0 bridgehead atoms. The molecule has 0 amide bonds. The molecule has 0 radical (unpaired) electrons. The van der Waals surface area contributed by atoms with E-state index in [9.17, 15) is 4.79 Å². The molecule has 104 valence electrons. The number of H-pyrrole nitrogens is 1. The van der Waals surface area contributed by atoms with Gasteiger partial charge in [0.15, 0.2) is 0 Å². The maximum Gasteiger partial charge on any atom is 0.248 e. The van der Waals surface area contributed by atoms with Gasteiger partial charge in [-0.3, -0.25) is 4.79 Å². The van der Waals surface area contributed by atoms with Crippen molar-refractivity contribution in [3.63, 3.8) is 0 Å². The van der Waals surface area contributed by atoms with Crippen LogP contribution in [0.4, 0.5) is 0 Å². The van der Waals surface area contributed by atoms with Gasteiger partial charge in [0, 0.05) is 31.6 Å². The van der Waals surface area contributed by atoms with Crippen LogP contribution in [-0.2, 0) is 13.7 Å². The van der Waals surface area contributed by atoms with Crippen LogP contribution < -0.4 is 10.3 Å². The second-order valence-corrected chi connectivity index (χ2v) is 4.31. The van der Waals surface area contributed by atoms with Gasteiger partial charge in [0.25, 0.3) is 0 Å². The molecule has 2 heterocycles. The summed E-state index contributed by atoms with van der Waals surface area (Å²) in [5.74, 6) is 1.55. The number of nitrogens with one attached hydrogen (secondary N) is 1. The Morgan fingerprint density at radius 1 is 1.30 bits per heavy atom. The first-order chi connectivity index (χ1) is 9.22. The third kappa shape index (κ3) is 2.83. The van der Waals surface area contributed by atoms with Gasteiger partial charge in [0.1, 0.15) is 18.2 Å². The number of aromatic nitrogens is 3. The molecular formula is C14H14ClN3O2. The Morgan fingerprint density at radius 2 is 2.10 bits per heavy atom. The van der Waals surface area contributed by atoms with E-state index in [2.05, 4.69) is 9.97 Å². The third-order valence-corrected chi connectivity index (χ3v) is 2.99. The van der Waals surface area contributed by atoms with E-state index in [4.69, 9.17) is 4.74 Å². The highest BCUT2D eigenvalue weighted by Gasteiger charge is 2.02. The minimum absolute atomic E-state index is 0. The number of halogens is 1. The van der Waals surface area contributed by atoms with Gasteiger partial charge in [0.05, 0.1) is 5.52 Å². The van der Waals surface area contributed by atoms with Crippen molar-refractivity contribution in [2.45, 2.75) is 6.61 Å². The van der Waals surface area contributed by atoms with E-state index in [0.717, 1.165) is 16.7 Å². The highest BCUT2D eigenvalue weighted by Crippen LogP contribution is 2.18. The van der Waals surface area contributed by atoms with Crippen molar-refractivity contribution in [2.75, 3.05) is 0 Å². The van der Waals surface area contributed by atoms with E-state index in [0.29, 0.717) is 12.4 Å². The zero-order valence-electron chi connectivity index (χ0n) is 10.9. The van der Waals surface area contributed by atoms with Gasteiger partial charge in [-0.1, -0.05) is 0 Å². The van der Waals surface area contributed by atoms with E-state index in [1.54, 1.807) is 12.3 Å². The van der Waals surface area contributed by atoms with Crippen LogP contribution in [0, 0.1) is 0 Å². The lowest BCUT2D eigenvalue weighted by molar-refractivity contribution is 0.292. The van der Waals surface area contributed by atoms with Crippen LogP contribution in [0.25, 0.3) is 10.9 Å². The summed E-state index contributed by atoms with van der Waals surface area (Å²) in [4.78, 5) is 18.2. The van der Waals surface area contributed by atoms with Crippen LogP contribution in [0.15, 0.2) is 47.5 Å². The number of ether oxygens (including phenoxy) is 1. The van der Waals surface area contributed by atoms with Gasteiger partial charge in [0.2, 0.25) is 5.56 Å². The van der Waals surface area contributed by atoms with Gasteiger partial charge in [-0.25, -0.2) is 4.98 Å². The van der Waals surface area contributed by atoms with E-state index >= 15 is 0 Å². The molecule has 1 N–H and O–H groups in total. The second kappa shape index (κ2) is 5.79. The number of pyridine rings is 1. The Hall–Kier alpha value is -2.27. The molecule has 0 saturated carbocycles. The molecule has 0 unspecified atom stereocenters. The molecule has 0 spiro atoms. The number of aryl methyl sites for hydroxylation is 1. The number of fused-ring (bicyclic) bond motifs is 1. The van der Waals surface area contributed by atoms with Crippen LogP contribution >= 0.6 is 12.4 Å². The molecule has 3 aromatic rings. The first kappa shape index (κ1) is 14.1. The fraction of sp³-hybridized carbons (Fsp3) is 0.143. The molecule has 0 saturated heterocycles. The van der Waals surface area contributed by atoms with Crippen LogP contribution in [0.3, 0.4) is 0 Å². The predicted molar refractivity (Wildman–Crippen MR) is 79.4 cm³/mol. The summed E-state index contributed by atoms with van der Waals surface area (Å²) in [7, 11) is 1.92. The molecule has 20 heavy (non-hydrogen) atoms. The lowest BCUT2D eigenvalue weighted by Gasteiger charge is -2.07. The van der Waals surface area contributed by atoms with Gasteiger partial charge >= 0.3 is 0 Å². The number of imidazole rings is 1. The molecule has 3 rings (SSSR count). The van der Waals surface area contributed by atoms with Crippen molar-refractivity contribution < 1.29 is 4.74 Å². The zero-order valence-corrected chi connectivity index (χ0v) is 11.7. The van der Waals surface area contributed by atoms with Crippen molar-refractivity contribution in [3.05, 3.63) is 58.9 Å². The third-order valence-electron chi connectivity index (χ3n) is 2.99. The molecule has 0 aliphatic carbocycles. The van der Waals surface area contributed by atoms with E-state index in [-0.39, 0.29) is 18.0 Å². The van der Waals surface area contributed by atoms with Gasteiger partial charge < -0.3 is 14.3 Å². The molecule has 2 aromatic heterocycles. The minimum atomic E-state index is -0.117. The van der Waals surface area contributed by atoms with Crippen LogP contribution in [0.2, 0.25) is 0 Å². The van der Waals surface area contributed by atoms with Crippen molar-refractivity contribution in [2.24, 2.45) is 7.05 Å². The summed E-state index contributed by atoms with van der Waals surface area (Å²) in [6.07, 6.45) is 3.60. The van der Waals surface area contributed by atoms with Gasteiger partial charge in [-0.15, -0.1) is 12.4 Å². The number of benzene rings is 1. The molecule has 0 fully saturated rings. The number of aromatic amines is 1. The largest absolute Gasteiger partial charge is 0.486 e. The molecular weight excluding hydrogens is 278 g/mol. The topological polar surface area (TPSA) is 59.9 Å². The summed E-state index contributed by atoms with van der Waals surface area (Å²) < 4.78 is 7.58. The summed E-state index contributed by atoms with van der Waals surface area (Å²) in [6.45, 7) is 0.395. The molecule has 0 atom stereocenters. The Balaban J connectivity index is 0.00000147. The molecule has 1 aromatic carbocycles. The lowest BCUT2D eigenvalue weighted by atomic mass is 10.2. The van der Waals surface area contributed by atoms with Gasteiger partial charge in [-0.05, 0) is 23.6 Å². The standard InChI is InChI=1S/C14H13N3O2.ClH/c1-17-7-6-15-13(17)9-19-11-4-2-10-3-5-14(18)16-12(10)8-11;/h2-8H,9H2,1H3,(H,16,18);1H. The Labute approximate surface area is 121 Å². The first-order valence-electron chi connectivity index (χ1n) is 5.94. The number of nitrogens with zero attached hydrogens (tertiary/aromatic N) is 2. The number of hydrogen-bond acceptors (Lipinski definition) is 3. The van der Waals surface area contributed by atoms with E-state index < -0.39 is 0 Å². The lowest BCUT2D eigenvalue weighted by Crippen LogP contribution is -2.04. The van der Waals surface area contributed by atoms with E-state index in [1.807, 2.05) is 36.0 Å². The van der Waals surface area contributed by atoms with Crippen LogP contribution in [0.1, 0.15) is 5.82 Å². The second-order valence-electron chi connectivity index (χ2n) is 4.31. The Morgan fingerprint density at radius 3 is 2.85 bits per heavy atom. The highest BCUT2D eigenvalue weighted by molar-refractivity contribution is 5.85. The first-order valence-corrected chi connectivity index (χ1v) is 5.94. The van der Waals surface area contributed by atoms with Crippen molar-refractivity contribution in [1.29, 1.82) is 0 Å². The van der Waals surface area contributed by atoms with E-state index in [1.165, 1.54) is 6.07 Å². The molecule has 0 aliphatic rings. The van der Waals surface area contributed by atoms with Crippen LogP contribution in [0.5, 0.6) is 5.75 Å². The average Bonchev–Trinajstić information content (AvgIpc) is 2.81. The normalized spacial score (nSPS) is 10.2.